The summed E-state index contributed by atoms with van der Waals surface area (Å²) in [6.07, 6.45) is 3.91. The van der Waals surface area contributed by atoms with E-state index in [1.54, 1.807) is 4.90 Å². The minimum atomic E-state index is 0.115. The SMILES string of the molecule is CCC(CC)C(=O)N(CC#N)C1CC1. The van der Waals surface area contributed by atoms with Crippen molar-refractivity contribution in [2.75, 3.05) is 6.54 Å². The van der Waals surface area contributed by atoms with Gasteiger partial charge in [0.05, 0.1) is 6.07 Å². The van der Waals surface area contributed by atoms with Crippen molar-refractivity contribution in [2.45, 2.75) is 45.6 Å². The van der Waals surface area contributed by atoms with E-state index in [0.717, 1.165) is 25.7 Å². The first-order chi connectivity index (χ1) is 6.74. The predicted molar refractivity (Wildman–Crippen MR) is 54.4 cm³/mol. The highest BCUT2D eigenvalue weighted by atomic mass is 16.2. The summed E-state index contributed by atoms with van der Waals surface area (Å²) in [5, 5.41) is 8.65. The van der Waals surface area contributed by atoms with Gasteiger partial charge in [-0.1, -0.05) is 13.8 Å². The number of amides is 1. The molecule has 0 aromatic heterocycles. The van der Waals surface area contributed by atoms with Crippen LogP contribution >= 0.6 is 0 Å². The molecular weight excluding hydrogens is 176 g/mol. The average molecular weight is 194 g/mol. The standard InChI is InChI=1S/C11H18N2O/c1-3-9(4-2)11(14)13(8-7-12)10-5-6-10/h9-10H,3-6,8H2,1-2H3. The van der Waals surface area contributed by atoms with Crippen LogP contribution in [0.4, 0.5) is 0 Å². The van der Waals surface area contributed by atoms with Gasteiger partial charge in [0, 0.05) is 12.0 Å². The molecule has 14 heavy (non-hydrogen) atoms. The van der Waals surface area contributed by atoms with Gasteiger partial charge >= 0.3 is 0 Å². The zero-order valence-corrected chi connectivity index (χ0v) is 8.99. The molecule has 0 saturated heterocycles. The third-order valence-corrected chi connectivity index (χ3v) is 2.85. The highest BCUT2D eigenvalue weighted by molar-refractivity contribution is 5.79. The van der Waals surface area contributed by atoms with Crippen LogP contribution in [-0.4, -0.2) is 23.4 Å². The van der Waals surface area contributed by atoms with Crippen LogP contribution in [0.15, 0.2) is 0 Å². The predicted octanol–water partition coefficient (Wildman–Crippen LogP) is 1.94. The second-order valence-electron chi connectivity index (χ2n) is 3.87. The second kappa shape index (κ2) is 4.99. The smallest absolute Gasteiger partial charge is 0.226 e. The topological polar surface area (TPSA) is 44.1 Å². The molecule has 0 radical (unpaired) electrons. The lowest BCUT2D eigenvalue weighted by Gasteiger charge is -2.23. The minimum absolute atomic E-state index is 0.115. The number of hydrogen-bond acceptors (Lipinski definition) is 2. The lowest BCUT2D eigenvalue weighted by molar-refractivity contribution is -0.135. The van der Waals surface area contributed by atoms with Gasteiger partial charge in [0.25, 0.3) is 0 Å². The van der Waals surface area contributed by atoms with Gasteiger partial charge in [0.1, 0.15) is 6.54 Å². The second-order valence-corrected chi connectivity index (χ2v) is 3.87. The van der Waals surface area contributed by atoms with E-state index in [2.05, 4.69) is 6.07 Å². The van der Waals surface area contributed by atoms with Gasteiger partial charge in [-0.05, 0) is 25.7 Å². The van der Waals surface area contributed by atoms with Gasteiger partial charge in [-0.25, -0.2) is 0 Å². The Kier molecular flexibility index (Phi) is 3.94. The molecule has 1 aliphatic rings. The van der Waals surface area contributed by atoms with Gasteiger partial charge in [0.15, 0.2) is 0 Å². The fourth-order valence-corrected chi connectivity index (χ4v) is 1.72. The Morgan fingerprint density at radius 2 is 2.07 bits per heavy atom. The van der Waals surface area contributed by atoms with Crippen LogP contribution in [0.5, 0.6) is 0 Å². The van der Waals surface area contributed by atoms with Crippen molar-refractivity contribution in [3.8, 4) is 6.07 Å². The molecule has 1 saturated carbocycles. The Bertz CT molecular complexity index is 236. The van der Waals surface area contributed by atoms with E-state index in [0.29, 0.717) is 6.04 Å². The molecule has 0 aromatic rings. The number of hydrogen-bond donors (Lipinski definition) is 0. The van der Waals surface area contributed by atoms with Crippen LogP contribution in [-0.2, 0) is 4.79 Å². The molecule has 1 aliphatic carbocycles. The molecule has 0 unspecified atom stereocenters. The molecule has 0 aromatic carbocycles. The van der Waals surface area contributed by atoms with Crippen LogP contribution < -0.4 is 0 Å². The van der Waals surface area contributed by atoms with E-state index in [-0.39, 0.29) is 18.4 Å². The van der Waals surface area contributed by atoms with E-state index in [4.69, 9.17) is 5.26 Å². The molecule has 0 aliphatic heterocycles. The molecule has 1 amide bonds. The first kappa shape index (κ1) is 11.0. The highest BCUT2D eigenvalue weighted by Gasteiger charge is 2.34. The molecule has 1 fully saturated rings. The summed E-state index contributed by atoms with van der Waals surface area (Å²) in [7, 11) is 0. The molecule has 0 atom stereocenters. The molecule has 1 rings (SSSR count). The maximum atomic E-state index is 12.0. The van der Waals surface area contributed by atoms with E-state index in [1.807, 2.05) is 13.8 Å². The van der Waals surface area contributed by atoms with E-state index in [1.165, 1.54) is 0 Å². The van der Waals surface area contributed by atoms with Crippen LogP contribution in [0.1, 0.15) is 39.5 Å². The Hall–Kier alpha value is -1.04. The van der Waals surface area contributed by atoms with Crippen LogP contribution in [0.3, 0.4) is 0 Å². The van der Waals surface area contributed by atoms with Crippen molar-refractivity contribution in [2.24, 2.45) is 5.92 Å². The molecule has 0 bridgehead atoms. The monoisotopic (exact) mass is 194 g/mol. The normalized spacial score (nSPS) is 15.3. The summed E-state index contributed by atoms with van der Waals surface area (Å²) in [6.45, 7) is 4.33. The van der Waals surface area contributed by atoms with Gasteiger partial charge in [-0.2, -0.15) is 5.26 Å². The summed E-state index contributed by atoms with van der Waals surface area (Å²) < 4.78 is 0. The molecule has 0 spiro atoms. The Morgan fingerprint density at radius 1 is 1.50 bits per heavy atom. The highest BCUT2D eigenvalue weighted by Crippen LogP contribution is 2.28. The molecule has 0 N–H and O–H groups in total. The Labute approximate surface area is 85.7 Å². The van der Waals surface area contributed by atoms with Gasteiger partial charge < -0.3 is 4.90 Å². The third-order valence-electron chi connectivity index (χ3n) is 2.85. The first-order valence-electron chi connectivity index (χ1n) is 5.42. The van der Waals surface area contributed by atoms with Gasteiger partial charge in [0.2, 0.25) is 5.91 Å². The van der Waals surface area contributed by atoms with Crippen LogP contribution in [0.25, 0.3) is 0 Å². The quantitative estimate of drug-likeness (QED) is 0.628. The average Bonchev–Trinajstić information content (AvgIpc) is 2.99. The largest absolute Gasteiger partial charge is 0.326 e. The van der Waals surface area contributed by atoms with Crippen molar-refractivity contribution < 1.29 is 4.79 Å². The summed E-state index contributed by atoms with van der Waals surface area (Å²) >= 11 is 0. The first-order valence-corrected chi connectivity index (χ1v) is 5.42. The maximum Gasteiger partial charge on any atom is 0.226 e. The fraction of sp³-hybridized carbons (Fsp3) is 0.818. The maximum absolute atomic E-state index is 12.0. The Balaban J connectivity index is 2.57. The lowest BCUT2D eigenvalue weighted by Crippen LogP contribution is -2.37. The van der Waals surface area contributed by atoms with Crippen molar-refractivity contribution in [3.05, 3.63) is 0 Å². The van der Waals surface area contributed by atoms with E-state index < -0.39 is 0 Å². The number of rotatable bonds is 5. The molecule has 78 valence electrons. The minimum Gasteiger partial charge on any atom is -0.326 e. The van der Waals surface area contributed by atoms with Gasteiger partial charge in [-0.15, -0.1) is 0 Å². The number of nitriles is 1. The number of carbonyl (C=O) groups is 1. The number of nitrogens with zero attached hydrogens (tertiary/aromatic N) is 2. The van der Waals surface area contributed by atoms with Crippen molar-refractivity contribution in [1.29, 1.82) is 5.26 Å². The third kappa shape index (κ3) is 2.47. The van der Waals surface area contributed by atoms with Crippen molar-refractivity contribution in [3.63, 3.8) is 0 Å². The van der Waals surface area contributed by atoms with E-state index >= 15 is 0 Å². The summed E-state index contributed by atoms with van der Waals surface area (Å²) in [6, 6.07) is 2.44. The van der Waals surface area contributed by atoms with Gasteiger partial charge in [-0.3, -0.25) is 4.79 Å². The Morgan fingerprint density at radius 3 is 2.43 bits per heavy atom. The van der Waals surface area contributed by atoms with Crippen molar-refractivity contribution in [1.82, 2.24) is 4.90 Å². The molecular formula is C11H18N2O. The molecule has 3 heteroatoms. The zero-order chi connectivity index (χ0) is 10.6. The zero-order valence-electron chi connectivity index (χ0n) is 8.99. The van der Waals surface area contributed by atoms with Crippen molar-refractivity contribution >= 4 is 5.91 Å². The van der Waals surface area contributed by atoms with Crippen LogP contribution in [0, 0.1) is 17.2 Å². The number of carbonyl (C=O) groups excluding carboxylic acids is 1. The summed E-state index contributed by atoms with van der Waals surface area (Å²) in [5.41, 5.74) is 0. The molecule has 0 heterocycles. The van der Waals surface area contributed by atoms with Crippen LogP contribution in [0.2, 0.25) is 0 Å². The summed E-state index contributed by atoms with van der Waals surface area (Å²) in [5.74, 6) is 0.294. The summed E-state index contributed by atoms with van der Waals surface area (Å²) in [4.78, 5) is 13.7. The fourth-order valence-electron chi connectivity index (χ4n) is 1.72. The lowest BCUT2D eigenvalue weighted by atomic mass is 10.0. The van der Waals surface area contributed by atoms with E-state index in [9.17, 15) is 4.79 Å². The molecule has 3 nitrogen and oxygen atoms in total.